The highest BCUT2D eigenvalue weighted by molar-refractivity contribution is 5.70. The summed E-state index contributed by atoms with van der Waals surface area (Å²) in [4.78, 5) is 25.9. The van der Waals surface area contributed by atoms with Crippen LogP contribution in [0.2, 0.25) is 0 Å². The Morgan fingerprint density at radius 2 is 0.824 bits per heavy atom. The molecule has 2 rings (SSSR count). The van der Waals surface area contributed by atoms with Gasteiger partial charge in [0.15, 0.2) is 18.7 Å². The van der Waals surface area contributed by atoms with Gasteiger partial charge in [-0.25, -0.2) is 0 Å². The van der Waals surface area contributed by atoms with Gasteiger partial charge in [-0.05, 0) is 44.9 Å². The molecular formula is C59H106O15. The van der Waals surface area contributed by atoms with Crippen molar-refractivity contribution in [2.75, 3.05) is 26.4 Å². The summed E-state index contributed by atoms with van der Waals surface area (Å²) in [6.07, 6.45) is 34.6. The highest BCUT2D eigenvalue weighted by Crippen LogP contribution is 2.27. The van der Waals surface area contributed by atoms with Crippen LogP contribution in [0.15, 0.2) is 36.5 Å². The molecular weight excluding hydrogens is 949 g/mol. The summed E-state index contributed by atoms with van der Waals surface area (Å²) < 4.78 is 33.6. The van der Waals surface area contributed by atoms with E-state index in [4.69, 9.17) is 28.4 Å². The van der Waals surface area contributed by atoms with E-state index in [9.17, 15) is 45.3 Å². The first-order chi connectivity index (χ1) is 36.0. The van der Waals surface area contributed by atoms with Crippen molar-refractivity contribution in [3.8, 4) is 0 Å². The summed E-state index contributed by atoms with van der Waals surface area (Å²) in [7, 11) is 0. The Kier molecular flexibility index (Phi) is 41.9. The van der Waals surface area contributed by atoms with Crippen molar-refractivity contribution in [2.45, 2.75) is 300 Å². The zero-order chi connectivity index (χ0) is 53.9. The average Bonchev–Trinajstić information content (AvgIpc) is 3.39. The van der Waals surface area contributed by atoms with E-state index in [0.717, 1.165) is 38.5 Å². The molecule has 0 aromatic carbocycles. The fourth-order valence-corrected chi connectivity index (χ4v) is 9.29. The Labute approximate surface area is 446 Å². The van der Waals surface area contributed by atoms with Gasteiger partial charge < -0.3 is 64.2 Å². The van der Waals surface area contributed by atoms with Crippen LogP contribution in [0.25, 0.3) is 0 Å². The zero-order valence-corrected chi connectivity index (χ0v) is 46.1. The summed E-state index contributed by atoms with van der Waals surface area (Å²) in [5.74, 6) is -0.975. The van der Waals surface area contributed by atoms with E-state index < -0.39 is 99.3 Å². The number of aliphatic hydroxyl groups excluding tert-OH is 7. The number of aliphatic hydroxyl groups is 7. The number of rotatable bonds is 47. The molecule has 2 heterocycles. The Morgan fingerprint density at radius 3 is 1.31 bits per heavy atom. The molecule has 0 aromatic rings. The van der Waals surface area contributed by atoms with Crippen LogP contribution in [0.1, 0.15) is 232 Å². The van der Waals surface area contributed by atoms with E-state index >= 15 is 0 Å². The Morgan fingerprint density at radius 1 is 0.432 bits per heavy atom. The number of carbonyl (C=O) groups excluding carboxylic acids is 2. The fraction of sp³-hybridized carbons (Fsp3) is 0.864. The number of hydrogen-bond acceptors (Lipinski definition) is 15. The SMILES string of the molecule is CCCCCCCC/C=C/C/C=C/C/C=C/CCCC(=O)OC[C@H](CO[C@H]1O[C@@H](CO[C@H]2O[C@@H](CO)[C@@H](O)C(O)C2O)[C@@H](O)C(O)C1O)OC(=O)CCCCCCCCCCCCCCCCCCCCCCC. The molecule has 15 heteroatoms. The van der Waals surface area contributed by atoms with E-state index in [1.807, 2.05) is 6.08 Å². The maximum atomic E-state index is 13.1. The number of esters is 2. The predicted octanol–water partition coefficient (Wildman–Crippen LogP) is 10.1. The van der Waals surface area contributed by atoms with Gasteiger partial charge in [0.2, 0.25) is 0 Å². The van der Waals surface area contributed by atoms with Gasteiger partial charge >= 0.3 is 11.9 Å². The first-order valence-corrected chi connectivity index (χ1v) is 29.6. The molecule has 0 amide bonds. The second kappa shape index (κ2) is 45.7. The van der Waals surface area contributed by atoms with Gasteiger partial charge in [-0.1, -0.05) is 211 Å². The monoisotopic (exact) mass is 1050 g/mol. The van der Waals surface area contributed by atoms with Gasteiger partial charge in [0.1, 0.15) is 55.4 Å². The zero-order valence-electron chi connectivity index (χ0n) is 46.1. The van der Waals surface area contributed by atoms with Crippen molar-refractivity contribution in [1.82, 2.24) is 0 Å². The second-order valence-electron chi connectivity index (χ2n) is 20.8. The van der Waals surface area contributed by atoms with E-state index in [0.29, 0.717) is 19.3 Å². The van der Waals surface area contributed by atoms with E-state index in [2.05, 4.69) is 44.2 Å². The minimum absolute atomic E-state index is 0.148. The minimum Gasteiger partial charge on any atom is -0.462 e. The molecule has 4 unspecified atom stereocenters. The summed E-state index contributed by atoms with van der Waals surface area (Å²) in [5, 5.41) is 72.3. The molecule has 2 saturated heterocycles. The van der Waals surface area contributed by atoms with Crippen LogP contribution in [-0.2, 0) is 38.0 Å². The third-order valence-electron chi connectivity index (χ3n) is 14.1. The van der Waals surface area contributed by atoms with Crippen molar-refractivity contribution in [3.63, 3.8) is 0 Å². The van der Waals surface area contributed by atoms with Crippen LogP contribution in [0.3, 0.4) is 0 Å². The molecule has 0 radical (unpaired) electrons. The van der Waals surface area contributed by atoms with Crippen LogP contribution in [0.4, 0.5) is 0 Å². The molecule has 74 heavy (non-hydrogen) atoms. The first-order valence-electron chi connectivity index (χ1n) is 29.6. The van der Waals surface area contributed by atoms with Crippen LogP contribution >= 0.6 is 0 Å². The van der Waals surface area contributed by atoms with Crippen LogP contribution < -0.4 is 0 Å². The first kappa shape index (κ1) is 67.8. The van der Waals surface area contributed by atoms with Crippen molar-refractivity contribution < 1.29 is 73.8 Å². The summed E-state index contributed by atoms with van der Waals surface area (Å²) >= 11 is 0. The second-order valence-corrected chi connectivity index (χ2v) is 20.8. The molecule has 15 nitrogen and oxygen atoms in total. The highest BCUT2D eigenvalue weighted by Gasteiger charge is 2.47. The number of carbonyl (C=O) groups is 2. The van der Waals surface area contributed by atoms with Gasteiger partial charge in [-0.3, -0.25) is 9.59 Å². The largest absolute Gasteiger partial charge is 0.462 e. The number of hydrogen-bond donors (Lipinski definition) is 7. The Hall–Kier alpha value is -2.28. The standard InChI is InChI=1S/C59H106O15/c1-3-5-7-9-11-13-15-17-19-21-22-23-24-26-28-30-32-34-36-38-40-42-51(62)72-47(44-69-50(61)41-39-37-35-33-31-29-27-25-20-18-16-14-12-10-8-6-4-2)45-70-58-57(68)55(66)53(64)49(74-58)46-71-59-56(67)54(65)52(63)48(43-60)73-59/h18,20,27,29,33,35,47-49,52-60,63-68H,3-17,19,21-26,28,30-32,34,36-46H2,1-2H3/b20-18+,29-27+,35-33+/t47-,48+,49+,52-,53-,54?,55?,56?,57?,58+,59+/m1/s1. The topological polar surface area (TPSA) is 231 Å². The molecule has 7 N–H and O–H groups in total. The highest BCUT2D eigenvalue weighted by atomic mass is 16.7. The van der Waals surface area contributed by atoms with Gasteiger partial charge in [-0.2, -0.15) is 0 Å². The van der Waals surface area contributed by atoms with Crippen molar-refractivity contribution in [3.05, 3.63) is 36.5 Å². The molecule has 0 aliphatic carbocycles. The molecule has 0 spiro atoms. The van der Waals surface area contributed by atoms with Crippen LogP contribution in [0, 0.1) is 0 Å². The molecule has 0 bridgehead atoms. The van der Waals surface area contributed by atoms with Crippen molar-refractivity contribution >= 4 is 11.9 Å². The molecule has 11 atom stereocenters. The summed E-state index contributed by atoms with van der Waals surface area (Å²) in [6, 6.07) is 0. The lowest BCUT2D eigenvalue weighted by molar-refractivity contribution is -0.332. The lowest BCUT2D eigenvalue weighted by Crippen LogP contribution is -2.61. The molecule has 432 valence electrons. The number of unbranched alkanes of at least 4 members (excludes halogenated alkanes) is 27. The molecule has 2 aliphatic heterocycles. The third-order valence-corrected chi connectivity index (χ3v) is 14.1. The van der Waals surface area contributed by atoms with E-state index in [1.165, 1.54) is 148 Å². The number of allylic oxidation sites excluding steroid dienone is 6. The van der Waals surface area contributed by atoms with Gasteiger partial charge in [-0.15, -0.1) is 0 Å². The third kappa shape index (κ3) is 32.5. The summed E-state index contributed by atoms with van der Waals surface area (Å²) in [5.41, 5.74) is 0. The maximum absolute atomic E-state index is 13.1. The smallest absolute Gasteiger partial charge is 0.306 e. The fourth-order valence-electron chi connectivity index (χ4n) is 9.29. The Bertz CT molecular complexity index is 1430. The quantitative estimate of drug-likeness (QED) is 0.0171. The molecule has 2 aliphatic rings. The summed E-state index contributed by atoms with van der Waals surface area (Å²) in [6.45, 7) is 2.57. The average molecular weight is 1060 g/mol. The molecule has 0 aromatic heterocycles. The minimum atomic E-state index is -1.77. The normalized spacial score (nSPS) is 24.9. The molecule has 0 saturated carbocycles. The Balaban J connectivity index is 1.76. The van der Waals surface area contributed by atoms with Crippen molar-refractivity contribution in [1.29, 1.82) is 0 Å². The maximum Gasteiger partial charge on any atom is 0.306 e. The van der Waals surface area contributed by atoms with Gasteiger partial charge in [0.05, 0.1) is 19.8 Å². The van der Waals surface area contributed by atoms with Gasteiger partial charge in [0.25, 0.3) is 0 Å². The van der Waals surface area contributed by atoms with E-state index in [1.54, 1.807) is 0 Å². The van der Waals surface area contributed by atoms with E-state index in [-0.39, 0.29) is 19.4 Å². The number of ether oxygens (including phenoxy) is 6. The lowest BCUT2D eigenvalue weighted by Gasteiger charge is -2.42. The lowest BCUT2D eigenvalue weighted by atomic mass is 9.98. The van der Waals surface area contributed by atoms with Crippen LogP contribution in [0.5, 0.6) is 0 Å². The predicted molar refractivity (Wildman–Crippen MR) is 289 cm³/mol. The van der Waals surface area contributed by atoms with Crippen molar-refractivity contribution in [2.24, 2.45) is 0 Å². The molecule has 2 fully saturated rings. The van der Waals surface area contributed by atoms with Gasteiger partial charge in [0, 0.05) is 12.8 Å². The van der Waals surface area contributed by atoms with Crippen LogP contribution in [-0.4, -0.2) is 142 Å².